The Morgan fingerprint density at radius 2 is 2.22 bits per heavy atom. The Hall–Kier alpha value is -0.520. The molecular formula is C13H18BrNO2S. The highest BCUT2D eigenvalue weighted by Crippen LogP contribution is 2.15. The van der Waals surface area contributed by atoms with Gasteiger partial charge in [-0.3, -0.25) is 4.79 Å². The van der Waals surface area contributed by atoms with Crippen LogP contribution in [0.4, 0.5) is 0 Å². The number of benzene rings is 1. The summed E-state index contributed by atoms with van der Waals surface area (Å²) in [5.74, 6) is 0.780. The minimum absolute atomic E-state index is 0.0285. The van der Waals surface area contributed by atoms with Crippen LogP contribution in [-0.4, -0.2) is 35.7 Å². The van der Waals surface area contributed by atoms with Crippen LogP contribution in [0.1, 0.15) is 22.3 Å². The van der Waals surface area contributed by atoms with Gasteiger partial charge in [0, 0.05) is 10.0 Å². The molecule has 1 amide bonds. The smallest absolute Gasteiger partial charge is 0.251 e. The van der Waals surface area contributed by atoms with Crippen molar-refractivity contribution < 1.29 is 9.90 Å². The molecule has 0 aliphatic carbocycles. The first-order chi connectivity index (χ1) is 8.56. The molecule has 100 valence electrons. The van der Waals surface area contributed by atoms with E-state index in [0.717, 1.165) is 22.2 Å². The third-order valence-corrected chi connectivity index (χ3v) is 3.63. The third kappa shape index (κ3) is 5.00. The van der Waals surface area contributed by atoms with E-state index in [1.54, 1.807) is 17.8 Å². The third-order valence-electron chi connectivity index (χ3n) is 2.53. The monoisotopic (exact) mass is 331 g/mol. The van der Waals surface area contributed by atoms with E-state index in [9.17, 15) is 9.90 Å². The number of aliphatic hydroxyl groups is 1. The Balaban J connectivity index is 2.68. The maximum Gasteiger partial charge on any atom is 0.251 e. The number of nitrogens with one attached hydrogen (secondary N) is 1. The Labute approximate surface area is 120 Å². The quantitative estimate of drug-likeness (QED) is 0.842. The van der Waals surface area contributed by atoms with Crippen molar-refractivity contribution in [2.24, 2.45) is 0 Å². The summed E-state index contributed by atoms with van der Waals surface area (Å²) in [6.07, 6.45) is 2.78. The maximum atomic E-state index is 12.0. The molecule has 0 fully saturated rings. The van der Waals surface area contributed by atoms with E-state index >= 15 is 0 Å². The van der Waals surface area contributed by atoms with Crippen molar-refractivity contribution in [3.8, 4) is 0 Å². The van der Waals surface area contributed by atoms with Gasteiger partial charge in [0.15, 0.2) is 0 Å². The summed E-state index contributed by atoms with van der Waals surface area (Å²) in [7, 11) is 0. The summed E-state index contributed by atoms with van der Waals surface area (Å²) in [5.41, 5.74) is 1.64. The number of carbonyl (C=O) groups is 1. The molecule has 0 radical (unpaired) electrons. The molecule has 1 aromatic rings. The summed E-state index contributed by atoms with van der Waals surface area (Å²) >= 11 is 5.08. The van der Waals surface area contributed by atoms with Crippen molar-refractivity contribution in [3.05, 3.63) is 33.8 Å². The fraction of sp³-hybridized carbons (Fsp3) is 0.462. The van der Waals surface area contributed by atoms with Crippen LogP contribution < -0.4 is 5.32 Å². The Bertz CT molecular complexity index is 392. The molecule has 1 atom stereocenters. The molecule has 0 unspecified atom stereocenters. The number of hydrogen-bond donors (Lipinski definition) is 2. The summed E-state index contributed by atoms with van der Waals surface area (Å²) in [4.78, 5) is 12.0. The van der Waals surface area contributed by atoms with Crippen molar-refractivity contribution in [3.63, 3.8) is 0 Å². The first-order valence-corrected chi connectivity index (χ1v) is 7.93. The summed E-state index contributed by atoms with van der Waals surface area (Å²) < 4.78 is 0.886. The zero-order valence-corrected chi connectivity index (χ0v) is 13.0. The molecular weight excluding hydrogens is 314 g/mol. The van der Waals surface area contributed by atoms with Gasteiger partial charge in [-0.05, 0) is 49.1 Å². The standard InChI is InChI=1S/C13H18BrNO2S/c1-9-5-10(7-11(14)6-9)13(17)15-12(8-16)3-4-18-2/h5-7,12,16H,3-4,8H2,1-2H3,(H,15,17)/t12-/m0/s1. The number of carbonyl (C=O) groups excluding carboxylic acids is 1. The second-order valence-electron chi connectivity index (χ2n) is 4.15. The lowest BCUT2D eigenvalue weighted by Gasteiger charge is -2.16. The lowest BCUT2D eigenvalue weighted by Crippen LogP contribution is -2.37. The molecule has 0 saturated heterocycles. The number of amides is 1. The van der Waals surface area contributed by atoms with Gasteiger partial charge in [-0.15, -0.1) is 0 Å². The average molecular weight is 332 g/mol. The SMILES string of the molecule is CSCC[C@@H](CO)NC(=O)c1cc(C)cc(Br)c1. The molecule has 0 aromatic heterocycles. The van der Waals surface area contributed by atoms with E-state index in [0.29, 0.717) is 5.56 Å². The van der Waals surface area contributed by atoms with E-state index in [4.69, 9.17) is 0 Å². The van der Waals surface area contributed by atoms with Gasteiger partial charge in [0.25, 0.3) is 5.91 Å². The fourth-order valence-electron chi connectivity index (χ4n) is 1.61. The molecule has 18 heavy (non-hydrogen) atoms. The molecule has 0 bridgehead atoms. The van der Waals surface area contributed by atoms with Crippen LogP contribution >= 0.6 is 27.7 Å². The van der Waals surface area contributed by atoms with E-state index in [2.05, 4.69) is 21.2 Å². The predicted molar refractivity (Wildman–Crippen MR) is 80.2 cm³/mol. The first-order valence-electron chi connectivity index (χ1n) is 5.74. The van der Waals surface area contributed by atoms with Crippen LogP contribution in [0.15, 0.2) is 22.7 Å². The number of halogens is 1. The summed E-state index contributed by atoms with van der Waals surface area (Å²) in [6.45, 7) is 1.91. The van der Waals surface area contributed by atoms with Gasteiger partial charge in [-0.1, -0.05) is 15.9 Å². The molecule has 0 heterocycles. The Kier molecular flexibility index (Phi) is 6.75. The van der Waals surface area contributed by atoms with Crippen molar-refractivity contribution >= 4 is 33.6 Å². The predicted octanol–water partition coefficient (Wildman–Crippen LogP) is 2.60. The van der Waals surface area contributed by atoms with Crippen LogP contribution in [0.3, 0.4) is 0 Å². The second kappa shape index (κ2) is 7.81. The largest absolute Gasteiger partial charge is 0.394 e. The molecule has 0 saturated carbocycles. The number of aliphatic hydroxyl groups excluding tert-OH is 1. The topological polar surface area (TPSA) is 49.3 Å². The molecule has 3 nitrogen and oxygen atoms in total. The van der Waals surface area contributed by atoms with Crippen molar-refractivity contribution in [2.45, 2.75) is 19.4 Å². The molecule has 1 rings (SSSR count). The van der Waals surface area contributed by atoms with Crippen LogP contribution in [0.2, 0.25) is 0 Å². The van der Waals surface area contributed by atoms with Gasteiger partial charge in [-0.2, -0.15) is 11.8 Å². The molecule has 5 heteroatoms. The highest BCUT2D eigenvalue weighted by Gasteiger charge is 2.13. The number of thioether (sulfide) groups is 1. The normalized spacial score (nSPS) is 12.2. The molecule has 0 aliphatic heterocycles. The minimum atomic E-state index is -0.177. The van der Waals surface area contributed by atoms with E-state index in [-0.39, 0.29) is 18.6 Å². The summed E-state index contributed by atoms with van der Waals surface area (Å²) in [6, 6.07) is 5.40. The van der Waals surface area contributed by atoms with Crippen molar-refractivity contribution in [2.75, 3.05) is 18.6 Å². The highest BCUT2D eigenvalue weighted by molar-refractivity contribution is 9.10. The molecule has 0 aliphatic rings. The number of aryl methyl sites for hydroxylation is 1. The zero-order valence-electron chi connectivity index (χ0n) is 10.6. The Morgan fingerprint density at radius 1 is 1.50 bits per heavy atom. The van der Waals surface area contributed by atoms with Crippen LogP contribution in [0, 0.1) is 6.92 Å². The van der Waals surface area contributed by atoms with E-state index < -0.39 is 0 Å². The molecule has 1 aromatic carbocycles. The maximum absolute atomic E-state index is 12.0. The van der Waals surface area contributed by atoms with Gasteiger partial charge in [0.2, 0.25) is 0 Å². The van der Waals surface area contributed by atoms with E-state index in [1.165, 1.54) is 0 Å². The molecule has 0 spiro atoms. The van der Waals surface area contributed by atoms with Gasteiger partial charge in [0.1, 0.15) is 0 Å². The fourth-order valence-corrected chi connectivity index (χ4v) is 2.73. The van der Waals surface area contributed by atoms with Gasteiger partial charge in [0.05, 0.1) is 12.6 Å². The molecule has 2 N–H and O–H groups in total. The van der Waals surface area contributed by atoms with Crippen molar-refractivity contribution in [1.29, 1.82) is 0 Å². The Morgan fingerprint density at radius 3 is 2.78 bits per heavy atom. The summed E-state index contributed by atoms with van der Waals surface area (Å²) in [5, 5.41) is 12.1. The van der Waals surface area contributed by atoms with Gasteiger partial charge >= 0.3 is 0 Å². The lowest BCUT2D eigenvalue weighted by atomic mass is 10.1. The first kappa shape index (κ1) is 15.5. The number of rotatable bonds is 6. The average Bonchev–Trinajstić information content (AvgIpc) is 2.32. The van der Waals surface area contributed by atoms with Gasteiger partial charge < -0.3 is 10.4 Å². The van der Waals surface area contributed by atoms with Gasteiger partial charge in [-0.25, -0.2) is 0 Å². The van der Waals surface area contributed by atoms with Crippen molar-refractivity contribution in [1.82, 2.24) is 5.32 Å². The van der Waals surface area contributed by atoms with E-state index in [1.807, 2.05) is 25.3 Å². The van der Waals surface area contributed by atoms with Crippen LogP contribution in [-0.2, 0) is 0 Å². The second-order valence-corrected chi connectivity index (χ2v) is 6.05. The van der Waals surface area contributed by atoms with Crippen LogP contribution in [0.25, 0.3) is 0 Å². The highest BCUT2D eigenvalue weighted by atomic mass is 79.9. The minimum Gasteiger partial charge on any atom is -0.394 e. The zero-order chi connectivity index (χ0) is 13.5. The number of hydrogen-bond acceptors (Lipinski definition) is 3. The van der Waals surface area contributed by atoms with Crippen LogP contribution in [0.5, 0.6) is 0 Å². The lowest BCUT2D eigenvalue weighted by molar-refractivity contribution is 0.0915.